The molecule has 0 bridgehead atoms. The van der Waals surface area contributed by atoms with Crippen molar-refractivity contribution in [1.82, 2.24) is 9.97 Å². The maximum Gasteiger partial charge on any atom is 0.0841 e. The van der Waals surface area contributed by atoms with Gasteiger partial charge in [0.1, 0.15) is 0 Å². The summed E-state index contributed by atoms with van der Waals surface area (Å²) in [4.78, 5) is 8.26. The summed E-state index contributed by atoms with van der Waals surface area (Å²) >= 11 is 0. The van der Waals surface area contributed by atoms with Gasteiger partial charge in [-0.2, -0.15) is 0 Å². The van der Waals surface area contributed by atoms with Gasteiger partial charge in [0.25, 0.3) is 0 Å². The van der Waals surface area contributed by atoms with Gasteiger partial charge < -0.3 is 0 Å². The molecule has 0 aliphatic heterocycles. The smallest absolute Gasteiger partial charge is 0.0841 e. The maximum absolute atomic E-state index is 4.21. The molecule has 1 aromatic heterocycles. The fourth-order valence-corrected chi connectivity index (χ4v) is 0.752. The first-order valence-electron chi connectivity index (χ1n) is 3.19. The average Bonchev–Trinajstić information content (AvgIpc) is 1.94. The van der Waals surface area contributed by atoms with Crippen LogP contribution in [0, 0.1) is 6.92 Å². The van der Waals surface area contributed by atoms with E-state index in [1.807, 2.05) is 19.9 Å². The quantitative estimate of drug-likeness (QED) is 0.499. The molecule has 0 saturated carbocycles. The van der Waals surface area contributed by atoms with E-state index in [1.165, 1.54) is 0 Å². The van der Waals surface area contributed by atoms with Crippen molar-refractivity contribution in [1.29, 1.82) is 0 Å². The molecule has 0 fully saturated rings. The molecule has 1 heterocycles. The predicted octanol–water partition coefficient (Wildman–Crippen LogP) is -0.00428. The molecule has 1 rings (SSSR count). The minimum atomic E-state index is 0.744. The van der Waals surface area contributed by atoms with Gasteiger partial charge in [0.05, 0.1) is 16.4 Å². The lowest BCUT2D eigenvalue weighted by atomic mass is 10.4. The SMILES string of the molecule is C=c1ncc(C)n/c1=C/C. The second-order valence-corrected chi connectivity index (χ2v) is 2.13. The lowest BCUT2D eigenvalue weighted by molar-refractivity contribution is 1.04. The van der Waals surface area contributed by atoms with Gasteiger partial charge in [0.2, 0.25) is 0 Å². The van der Waals surface area contributed by atoms with Gasteiger partial charge in [0.15, 0.2) is 0 Å². The Bertz CT molecular complexity index is 328. The largest absolute Gasteiger partial charge is 0.253 e. The first-order valence-corrected chi connectivity index (χ1v) is 3.19. The van der Waals surface area contributed by atoms with Crippen molar-refractivity contribution in [3.05, 3.63) is 22.6 Å². The Labute approximate surface area is 60.0 Å². The molecule has 0 atom stereocenters. The zero-order valence-electron chi connectivity index (χ0n) is 6.26. The molecule has 52 valence electrons. The molecule has 10 heavy (non-hydrogen) atoms. The van der Waals surface area contributed by atoms with Crippen LogP contribution in [0.2, 0.25) is 0 Å². The molecule has 0 amide bonds. The van der Waals surface area contributed by atoms with E-state index in [2.05, 4.69) is 16.5 Å². The van der Waals surface area contributed by atoms with Crippen LogP contribution in [0.15, 0.2) is 6.20 Å². The molecule has 0 unspecified atom stereocenters. The highest BCUT2D eigenvalue weighted by atomic mass is 14.8. The fraction of sp³-hybridized carbons (Fsp3) is 0.250. The van der Waals surface area contributed by atoms with Gasteiger partial charge in [0, 0.05) is 6.20 Å². The molecular weight excluding hydrogens is 124 g/mol. The van der Waals surface area contributed by atoms with E-state index in [9.17, 15) is 0 Å². The molecule has 0 radical (unpaired) electrons. The van der Waals surface area contributed by atoms with Crippen LogP contribution >= 0.6 is 0 Å². The second kappa shape index (κ2) is 2.60. The lowest BCUT2D eigenvalue weighted by Crippen LogP contribution is -2.29. The minimum absolute atomic E-state index is 0.744. The van der Waals surface area contributed by atoms with E-state index in [0.717, 1.165) is 16.4 Å². The van der Waals surface area contributed by atoms with Crippen molar-refractivity contribution < 1.29 is 0 Å². The number of aryl methyl sites for hydroxylation is 1. The molecular formula is C8H10N2. The molecule has 0 saturated heterocycles. The lowest BCUT2D eigenvalue weighted by Gasteiger charge is -1.88. The van der Waals surface area contributed by atoms with Crippen molar-refractivity contribution in [2.24, 2.45) is 0 Å². The predicted molar refractivity (Wildman–Crippen MR) is 41.7 cm³/mol. The molecule has 1 aromatic rings. The van der Waals surface area contributed by atoms with E-state index < -0.39 is 0 Å². The zero-order chi connectivity index (χ0) is 7.56. The van der Waals surface area contributed by atoms with Crippen LogP contribution in [-0.4, -0.2) is 9.97 Å². The van der Waals surface area contributed by atoms with Crippen molar-refractivity contribution in [2.45, 2.75) is 13.8 Å². The molecule has 0 aliphatic rings. The van der Waals surface area contributed by atoms with E-state index >= 15 is 0 Å². The third kappa shape index (κ3) is 1.21. The van der Waals surface area contributed by atoms with Gasteiger partial charge in [-0.15, -0.1) is 0 Å². The summed E-state index contributed by atoms with van der Waals surface area (Å²) in [7, 11) is 0. The Kier molecular flexibility index (Phi) is 1.81. The summed E-state index contributed by atoms with van der Waals surface area (Å²) < 4.78 is 0. The van der Waals surface area contributed by atoms with Crippen LogP contribution in [-0.2, 0) is 0 Å². The number of rotatable bonds is 0. The highest BCUT2D eigenvalue weighted by Gasteiger charge is 1.84. The monoisotopic (exact) mass is 134 g/mol. The topological polar surface area (TPSA) is 25.8 Å². The van der Waals surface area contributed by atoms with Crippen molar-refractivity contribution in [3.63, 3.8) is 0 Å². The number of hydrogen-bond donors (Lipinski definition) is 0. The van der Waals surface area contributed by atoms with Crippen LogP contribution in [0.1, 0.15) is 12.6 Å². The number of nitrogens with zero attached hydrogens (tertiary/aromatic N) is 2. The molecule has 2 heteroatoms. The Morgan fingerprint density at radius 1 is 1.60 bits per heavy atom. The first-order chi connectivity index (χ1) is 4.74. The van der Waals surface area contributed by atoms with E-state index in [1.54, 1.807) is 6.20 Å². The van der Waals surface area contributed by atoms with E-state index in [4.69, 9.17) is 0 Å². The highest BCUT2D eigenvalue weighted by Crippen LogP contribution is 1.75. The van der Waals surface area contributed by atoms with Gasteiger partial charge in [-0.1, -0.05) is 12.7 Å². The summed E-state index contributed by atoms with van der Waals surface area (Å²) in [5, 5.41) is 1.62. The van der Waals surface area contributed by atoms with Crippen molar-refractivity contribution >= 4 is 12.7 Å². The summed E-state index contributed by atoms with van der Waals surface area (Å²) in [6, 6.07) is 0. The molecule has 0 aliphatic carbocycles. The molecule has 0 aromatic carbocycles. The number of aromatic nitrogens is 2. The average molecular weight is 134 g/mol. The van der Waals surface area contributed by atoms with Crippen LogP contribution in [0.5, 0.6) is 0 Å². The van der Waals surface area contributed by atoms with E-state index in [0.29, 0.717) is 0 Å². The fourth-order valence-electron chi connectivity index (χ4n) is 0.752. The number of hydrogen-bond acceptors (Lipinski definition) is 2. The van der Waals surface area contributed by atoms with Crippen molar-refractivity contribution in [2.75, 3.05) is 0 Å². The van der Waals surface area contributed by atoms with Crippen LogP contribution in [0.4, 0.5) is 0 Å². The second-order valence-electron chi connectivity index (χ2n) is 2.13. The summed E-state index contributed by atoms with van der Waals surface area (Å²) in [5.74, 6) is 0. The van der Waals surface area contributed by atoms with Crippen LogP contribution in [0.25, 0.3) is 12.7 Å². The summed E-state index contributed by atoms with van der Waals surface area (Å²) in [5.41, 5.74) is 0.931. The zero-order valence-corrected chi connectivity index (χ0v) is 6.26. The highest BCUT2D eigenvalue weighted by molar-refractivity contribution is 5.16. The van der Waals surface area contributed by atoms with Gasteiger partial charge in [-0.3, -0.25) is 9.97 Å². The Hall–Kier alpha value is -1.18. The van der Waals surface area contributed by atoms with Crippen molar-refractivity contribution in [3.8, 4) is 0 Å². The van der Waals surface area contributed by atoms with Gasteiger partial charge in [-0.05, 0) is 13.8 Å². The maximum atomic E-state index is 4.21. The minimum Gasteiger partial charge on any atom is -0.253 e. The van der Waals surface area contributed by atoms with Gasteiger partial charge in [-0.25, -0.2) is 0 Å². The standard InChI is InChI=1S/C8H10N2/c1-4-8-7(3)9-5-6(2)10-8/h4-5H,3H2,1-2H3/b8-4+. The summed E-state index contributed by atoms with van der Waals surface area (Å²) in [6.45, 7) is 7.57. The summed E-state index contributed by atoms with van der Waals surface area (Å²) in [6.07, 6.45) is 3.62. The molecule has 0 N–H and O–H groups in total. The van der Waals surface area contributed by atoms with Gasteiger partial charge >= 0.3 is 0 Å². The Morgan fingerprint density at radius 2 is 2.30 bits per heavy atom. The Balaban J connectivity index is 3.53. The van der Waals surface area contributed by atoms with Crippen LogP contribution in [0.3, 0.4) is 0 Å². The normalized spacial score (nSPS) is 12.0. The van der Waals surface area contributed by atoms with Crippen LogP contribution < -0.4 is 10.7 Å². The first kappa shape index (κ1) is 6.93. The molecule has 2 nitrogen and oxygen atoms in total. The Morgan fingerprint density at radius 3 is 2.80 bits per heavy atom. The van der Waals surface area contributed by atoms with E-state index in [-0.39, 0.29) is 0 Å². The molecule has 0 spiro atoms. The third-order valence-electron chi connectivity index (χ3n) is 1.27. The third-order valence-corrected chi connectivity index (χ3v) is 1.27.